The van der Waals surface area contributed by atoms with Gasteiger partial charge in [0.15, 0.2) is 11.6 Å². The van der Waals surface area contributed by atoms with Crippen molar-refractivity contribution in [2.45, 2.75) is 44.8 Å². The molecule has 1 saturated carbocycles. The molecule has 1 fully saturated rings. The Morgan fingerprint density at radius 3 is 2.68 bits per heavy atom. The van der Waals surface area contributed by atoms with Crippen LogP contribution in [0.15, 0.2) is 30.5 Å². The number of aromatic nitrogens is 4. The number of pyridine rings is 1. The minimum absolute atomic E-state index is 0.0834. The molecule has 0 bridgehead atoms. The normalized spacial score (nSPS) is 14.7. The third-order valence-electron chi connectivity index (χ3n) is 7.28. The lowest BCUT2D eigenvalue weighted by Gasteiger charge is -2.35. The minimum atomic E-state index is -1.05. The van der Waals surface area contributed by atoms with E-state index in [1.807, 2.05) is 27.1 Å². The van der Waals surface area contributed by atoms with E-state index >= 15 is 4.39 Å². The third-order valence-corrected chi connectivity index (χ3v) is 7.28. The molecule has 1 aliphatic rings. The number of aryl methyl sites for hydroxylation is 1. The van der Waals surface area contributed by atoms with Gasteiger partial charge in [0.05, 0.1) is 31.1 Å². The topological polar surface area (TPSA) is 85.8 Å². The van der Waals surface area contributed by atoms with Crippen LogP contribution < -0.4 is 14.8 Å². The molecule has 1 aliphatic carbocycles. The van der Waals surface area contributed by atoms with Crippen LogP contribution in [0.1, 0.15) is 41.8 Å². The van der Waals surface area contributed by atoms with E-state index in [0.717, 1.165) is 34.8 Å². The zero-order valence-electron chi connectivity index (χ0n) is 21.4. The lowest BCUT2D eigenvalue weighted by molar-refractivity contribution is -0.0437. The number of methoxy groups -OCH3 is 1. The van der Waals surface area contributed by atoms with E-state index in [9.17, 15) is 9.50 Å². The predicted octanol–water partition coefficient (Wildman–Crippen LogP) is 4.04. The molecule has 0 atom stereocenters. The van der Waals surface area contributed by atoms with Gasteiger partial charge in [-0.05, 0) is 57.0 Å². The van der Waals surface area contributed by atoms with E-state index in [4.69, 9.17) is 9.47 Å². The quantitative estimate of drug-likeness (QED) is 0.353. The van der Waals surface area contributed by atoms with E-state index in [2.05, 4.69) is 15.5 Å². The Labute approximate surface area is 213 Å². The van der Waals surface area contributed by atoms with Gasteiger partial charge < -0.3 is 19.9 Å². The lowest BCUT2D eigenvalue weighted by Crippen LogP contribution is -2.35. The van der Waals surface area contributed by atoms with Gasteiger partial charge in [0.25, 0.3) is 0 Å². The molecule has 3 heterocycles. The first-order valence-electron chi connectivity index (χ1n) is 12.3. The Kier molecular flexibility index (Phi) is 6.63. The monoisotopic (exact) mass is 511 g/mol. The van der Waals surface area contributed by atoms with Crippen molar-refractivity contribution < 1.29 is 23.4 Å². The number of hydrogen-bond acceptors (Lipinski definition) is 6. The standard InChI is InChI=1S/C27H31F2N5O3/c1-16-19(26(32-33(16)3)27(35)9-5-10-27)8-11-37-25-20(6-7-21(28)24(25)29)17-12-22-18(14-30-2)15-31-34(22)23(13-17)36-4/h6-7,12-13,15,30,35H,5,8-11,14H2,1-4H3. The summed E-state index contributed by atoms with van der Waals surface area (Å²) in [6.07, 6.45) is 4.40. The van der Waals surface area contributed by atoms with Crippen molar-refractivity contribution in [1.82, 2.24) is 24.7 Å². The van der Waals surface area contributed by atoms with E-state index in [1.165, 1.54) is 13.2 Å². The van der Waals surface area contributed by atoms with Crippen molar-refractivity contribution in [3.8, 4) is 22.8 Å². The molecule has 4 aromatic rings. The highest BCUT2D eigenvalue weighted by atomic mass is 19.2. The molecule has 196 valence electrons. The fourth-order valence-electron chi connectivity index (χ4n) is 4.96. The van der Waals surface area contributed by atoms with Crippen LogP contribution in [0.3, 0.4) is 0 Å². The number of rotatable bonds is 9. The molecule has 2 N–H and O–H groups in total. The number of nitrogens with zero attached hydrogens (tertiary/aromatic N) is 4. The third kappa shape index (κ3) is 4.34. The number of fused-ring (bicyclic) bond motifs is 1. The maximum atomic E-state index is 15.1. The van der Waals surface area contributed by atoms with Crippen LogP contribution >= 0.6 is 0 Å². The second-order valence-electron chi connectivity index (χ2n) is 9.54. The molecule has 0 spiro atoms. The van der Waals surface area contributed by atoms with Gasteiger partial charge in [-0.3, -0.25) is 4.68 Å². The summed E-state index contributed by atoms with van der Waals surface area (Å²) in [5.41, 5.74) is 4.23. The molecule has 3 aromatic heterocycles. The van der Waals surface area contributed by atoms with Crippen LogP contribution in [-0.2, 0) is 25.6 Å². The molecular formula is C27H31F2N5O3. The van der Waals surface area contributed by atoms with Crippen molar-refractivity contribution in [2.24, 2.45) is 7.05 Å². The summed E-state index contributed by atoms with van der Waals surface area (Å²) in [4.78, 5) is 0. The van der Waals surface area contributed by atoms with Crippen molar-refractivity contribution in [2.75, 3.05) is 20.8 Å². The minimum Gasteiger partial charge on any atom is -0.489 e. The van der Waals surface area contributed by atoms with Gasteiger partial charge in [-0.1, -0.05) is 0 Å². The molecule has 0 saturated heterocycles. The van der Waals surface area contributed by atoms with Gasteiger partial charge in [0, 0.05) is 48.5 Å². The summed E-state index contributed by atoms with van der Waals surface area (Å²) in [5, 5.41) is 23.0. The summed E-state index contributed by atoms with van der Waals surface area (Å²) in [6, 6.07) is 6.18. The number of benzene rings is 1. The summed E-state index contributed by atoms with van der Waals surface area (Å²) in [6.45, 7) is 2.59. The SMILES string of the molecule is CNCc1cnn2c(OC)cc(-c3ccc(F)c(F)c3OCCc3c(C4(O)CCC4)nn(C)c3C)cc12. The Morgan fingerprint density at radius 2 is 2.00 bits per heavy atom. The molecule has 37 heavy (non-hydrogen) atoms. The van der Waals surface area contributed by atoms with Crippen LogP contribution in [0.2, 0.25) is 0 Å². The summed E-state index contributed by atoms with van der Waals surface area (Å²) in [7, 11) is 5.20. The number of ether oxygens (including phenoxy) is 2. The average molecular weight is 512 g/mol. The smallest absolute Gasteiger partial charge is 0.215 e. The Morgan fingerprint density at radius 1 is 1.22 bits per heavy atom. The van der Waals surface area contributed by atoms with Crippen LogP contribution in [0.5, 0.6) is 11.6 Å². The predicted molar refractivity (Wildman–Crippen MR) is 135 cm³/mol. The largest absolute Gasteiger partial charge is 0.489 e. The van der Waals surface area contributed by atoms with Gasteiger partial charge in [-0.2, -0.15) is 14.6 Å². The van der Waals surface area contributed by atoms with Crippen LogP contribution in [0, 0.1) is 18.6 Å². The summed E-state index contributed by atoms with van der Waals surface area (Å²) >= 11 is 0. The first-order chi connectivity index (χ1) is 17.8. The molecule has 0 radical (unpaired) electrons. The maximum absolute atomic E-state index is 15.1. The second-order valence-corrected chi connectivity index (χ2v) is 9.54. The zero-order chi connectivity index (χ0) is 26.3. The number of hydrogen-bond donors (Lipinski definition) is 2. The van der Waals surface area contributed by atoms with Crippen molar-refractivity contribution in [3.63, 3.8) is 0 Å². The average Bonchev–Trinajstić information content (AvgIpc) is 3.40. The number of aliphatic hydroxyl groups is 1. The first-order valence-corrected chi connectivity index (χ1v) is 12.3. The van der Waals surface area contributed by atoms with Crippen LogP contribution in [0.25, 0.3) is 16.6 Å². The molecule has 0 amide bonds. The van der Waals surface area contributed by atoms with Crippen molar-refractivity contribution in [1.29, 1.82) is 0 Å². The van der Waals surface area contributed by atoms with Crippen molar-refractivity contribution >= 4 is 5.52 Å². The first kappa shape index (κ1) is 25.2. The molecule has 8 nitrogen and oxygen atoms in total. The second kappa shape index (κ2) is 9.75. The highest BCUT2D eigenvalue weighted by Crippen LogP contribution is 2.43. The van der Waals surface area contributed by atoms with Crippen LogP contribution in [-0.4, -0.2) is 45.3 Å². The Hall–Kier alpha value is -3.50. The molecule has 10 heteroatoms. The van der Waals surface area contributed by atoms with E-state index in [0.29, 0.717) is 48.5 Å². The van der Waals surface area contributed by atoms with Gasteiger partial charge in [-0.15, -0.1) is 0 Å². The van der Waals surface area contributed by atoms with Gasteiger partial charge >= 0.3 is 0 Å². The summed E-state index contributed by atoms with van der Waals surface area (Å²) in [5.74, 6) is -1.77. The highest BCUT2D eigenvalue weighted by Gasteiger charge is 2.41. The van der Waals surface area contributed by atoms with E-state index < -0.39 is 17.2 Å². The zero-order valence-corrected chi connectivity index (χ0v) is 21.4. The Balaban J connectivity index is 1.49. The summed E-state index contributed by atoms with van der Waals surface area (Å²) < 4.78 is 44.3. The fourth-order valence-corrected chi connectivity index (χ4v) is 4.96. The van der Waals surface area contributed by atoms with E-state index in [-0.39, 0.29) is 12.4 Å². The maximum Gasteiger partial charge on any atom is 0.215 e. The van der Waals surface area contributed by atoms with Gasteiger partial charge in [-0.25, -0.2) is 8.91 Å². The molecule has 0 unspecified atom stereocenters. The van der Waals surface area contributed by atoms with Gasteiger partial charge in [0.1, 0.15) is 5.60 Å². The van der Waals surface area contributed by atoms with Gasteiger partial charge in [0.2, 0.25) is 11.7 Å². The molecule has 0 aliphatic heterocycles. The highest BCUT2D eigenvalue weighted by molar-refractivity contribution is 5.76. The number of nitrogens with one attached hydrogen (secondary N) is 1. The number of halogens is 2. The fraction of sp³-hybridized carbons (Fsp3) is 0.407. The molecular weight excluding hydrogens is 480 g/mol. The van der Waals surface area contributed by atoms with E-state index in [1.54, 1.807) is 21.5 Å². The van der Waals surface area contributed by atoms with Crippen molar-refractivity contribution in [3.05, 3.63) is 64.6 Å². The Bertz CT molecular complexity index is 1460. The lowest BCUT2D eigenvalue weighted by atomic mass is 9.76. The van der Waals surface area contributed by atoms with Crippen LogP contribution in [0.4, 0.5) is 8.78 Å². The molecule has 5 rings (SSSR count). The molecule has 1 aromatic carbocycles.